The summed E-state index contributed by atoms with van der Waals surface area (Å²) in [5.74, 6) is 0.697. The predicted molar refractivity (Wildman–Crippen MR) is 283 cm³/mol. The molecule has 4 heteroatoms. The average molecular weight is 867 g/mol. The van der Waals surface area contributed by atoms with E-state index in [0.717, 1.165) is 56.1 Å². The topological polar surface area (TPSA) is 35.6 Å². The zero-order chi connectivity index (χ0) is 45.0. The van der Waals surface area contributed by atoms with Gasteiger partial charge in [-0.25, -0.2) is 9.97 Å². The average Bonchev–Trinajstić information content (AvgIpc) is 3.94. The molecule has 13 aromatic rings. The van der Waals surface area contributed by atoms with Crippen molar-refractivity contribution in [1.82, 2.24) is 19.1 Å². The molecule has 0 spiro atoms. The van der Waals surface area contributed by atoms with Crippen LogP contribution in [0.4, 0.5) is 0 Å². The third kappa shape index (κ3) is 6.78. The van der Waals surface area contributed by atoms with Crippen LogP contribution in [0.2, 0.25) is 0 Å². The Morgan fingerprint density at radius 3 is 1.47 bits per heavy atom. The first-order chi connectivity index (χ1) is 33.7. The molecule has 0 bridgehead atoms. The minimum absolute atomic E-state index is 0.697. The molecular weight excluding hydrogens is 825 g/mol. The van der Waals surface area contributed by atoms with E-state index in [1.165, 1.54) is 60.3 Å². The van der Waals surface area contributed by atoms with Crippen LogP contribution in [0.5, 0.6) is 0 Å². The fraction of sp³-hybridized carbons (Fsp3) is 0. The molecule has 0 fully saturated rings. The smallest absolute Gasteiger partial charge is 0.160 e. The lowest BCUT2D eigenvalue weighted by molar-refractivity contribution is 1.18. The molecule has 4 nitrogen and oxygen atoms in total. The lowest BCUT2D eigenvalue weighted by Crippen LogP contribution is -1.96. The van der Waals surface area contributed by atoms with Gasteiger partial charge in [-0.15, -0.1) is 0 Å². The summed E-state index contributed by atoms with van der Waals surface area (Å²) in [6, 6.07) is 91.1. The molecule has 0 atom stereocenters. The van der Waals surface area contributed by atoms with Gasteiger partial charge >= 0.3 is 0 Å². The first-order valence-corrected chi connectivity index (χ1v) is 23.1. The van der Waals surface area contributed by atoms with Crippen LogP contribution in [0, 0.1) is 0 Å². The summed E-state index contributed by atoms with van der Waals surface area (Å²) in [5.41, 5.74) is 18.8. The van der Waals surface area contributed by atoms with Crippen LogP contribution in [-0.4, -0.2) is 19.1 Å². The highest BCUT2D eigenvalue weighted by Gasteiger charge is 2.18. The van der Waals surface area contributed by atoms with Crippen molar-refractivity contribution < 1.29 is 0 Å². The molecule has 68 heavy (non-hydrogen) atoms. The molecule has 10 aromatic carbocycles. The van der Waals surface area contributed by atoms with Gasteiger partial charge < -0.3 is 9.13 Å². The lowest BCUT2D eigenvalue weighted by atomic mass is 9.98. The quantitative estimate of drug-likeness (QED) is 0.153. The molecule has 0 unspecified atom stereocenters. The molecule has 0 N–H and O–H groups in total. The van der Waals surface area contributed by atoms with Gasteiger partial charge in [-0.05, 0) is 94.0 Å². The lowest BCUT2D eigenvalue weighted by Gasteiger charge is -2.12. The van der Waals surface area contributed by atoms with Gasteiger partial charge in [0, 0.05) is 49.6 Å². The maximum atomic E-state index is 5.19. The normalized spacial score (nSPS) is 11.5. The number of hydrogen-bond donors (Lipinski definition) is 0. The van der Waals surface area contributed by atoms with Crippen molar-refractivity contribution >= 4 is 43.6 Å². The molecule has 3 heterocycles. The van der Waals surface area contributed by atoms with E-state index in [9.17, 15) is 0 Å². The Bertz CT molecular complexity index is 3980. The highest BCUT2D eigenvalue weighted by molar-refractivity contribution is 6.16. The van der Waals surface area contributed by atoms with Crippen LogP contribution in [0.15, 0.2) is 255 Å². The van der Waals surface area contributed by atoms with Crippen molar-refractivity contribution in [3.05, 3.63) is 255 Å². The molecule has 0 aliphatic carbocycles. The second kappa shape index (κ2) is 16.4. The maximum Gasteiger partial charge on any atom is 0.160 e. The molecular formula is C64H42N4. The van der Waals surface area contributed by atoms with Gasteiger partial charge in [-0.2, -0.15) is 0 Å². The van der Waals surface area contributed by atoms with E-state index in [2.05, 4.69) is 240 Å². The monoisotopic (exact) mass is 866 g/mol. The molecule has 0 radical (unpaired) electrons. The SMILES string of the molecule is c1ccc(-c2ccc(-c3cc(-c4cccc(-c5ccc6c7ccccc7n(-c7ccc(-c8cccc9c8c8ccccc8n9-c8ccccc8)cc7)c6c5)c4)nc(-c4ccccc4)n3)cc2)cc1. The Balaban J connectivity index is 0.895. The Kier molecular flexibility index (Phi) is 9.47. The summed E-state index contributed by atoms with van der Waals surface area (Å²) in [6.07, 6.45) is 0. The van der Waals surface area contributed by atoms with Crippen LogP contribution in [0.3, 0.4) is 0 Å². The summed E-state index contributed by atoms with van der Waals surface area (Å²) in [7, 11) is 0. The van der Waals surface area contributed by atoms with E-state index in [1.54, 1.807) is 0 Å². The summed E-state index contributed by atoms with van der Waals surface area (Å²) >= 11 is 0. The number of benzene rings is 10. The number of rotatable bonds is 8. The van der Waals surface area contributed by atoms with Gasteiger partial charge in [0.05, 0.1) is 33.5 Å². The molecule has 3 aromatic heterocycles. The molecule has 0 aliphatic heterocycles. The van der Waals surface area contributed by atoms with E-state index in [0.29, 0.717) is 5.82 Å². The third-order valence-electron chi connectivity index (χ3n) is 13.4. The van der Waals surface area contributed by atoms with Crippen molar-refractivity contribution in [1.29, 1.82) is 0 Å². The van der Waals surface area contributed by atoms with Crippen LogP contribution in [0.25, 0.3) is 122 Å². The summed E-state index contributed by atoms with van der Waals surface area (Å²) in [6.45, 7) is 0. The van der Waals surface area contributed by atoms with Crippen molar-refractivity contribution in [2.45, 2.75) is 0 Å². The largest absolute Gasteiger partial charge is 0.309 e. The zero-order valence-corrected chi connectivity index (χ0v) is 37.0. The molecule has 0 aliphatic rings. The first kappa shape index (κ1) is 39.3. The summed E-state index contributed by atoms with van der Waals surface area (Å²) in [5, 5.41) is 4.95. The first-order valence-electron chi connectivity index (χ1n) is 23.1. The minimum atomic E-state index is 0.697. The van der Waals surface area contributed by atoms with Crippen LogP contribution in [-0.2, 0) is 0 Å². The Labute approximate surface area is 394 Å². The summed E-state index contributed by atoms with van der Waals surface area (Å²) in [4.78, 5) is 10.3. The van der Waals surface area contributed by atoms with Crippen LogP contribution < -0.4 is 0 Å². The Morgan fingerprint density at radius 2 is 0.721 bits per heavy atom. The second-order valence-corrected chi connectivity index (χ2v) is 17.4. The van der Waals surface area contributed by atoms with Crippen LogP contribution >= 0.6 is 0 Å². The van der Waals surface area contributed by atoms with Gasteiger partial charge in [0.15, 0.2) is 5.82 Å². The van der Waals surface area contributed by atoms with Gasteiger partial charge in [0.2, 0.25) is 0 Å². The molecule has 0 amide bonds. The molecule has 13 rings (SSSR count). The molecule has 0 saturated carbocycles. The van der Waals surface area contributed by atoms with Crippen molar-refractivity contribution in [3.8, 4) is 78.7 Å². The maximum absolute atomic E-state index is 5.19. The number of nitrogens with zero attached hydrogens (tertiary/aromatic N) is 4. The van der Waals surface area contributed by atoms with E-state index in [1.807, 2.05) is 24.3 Å². The number of aromatic nitrogens is 4. The van der Waals surface area contributed by atoms with E-state index in [-0.39, 0.29) is 0 Å². The van der Waals surface area contributed by atoms with Gasteiger partial charge in [0.25, 0.3) is 0 Å². The van der Waals surface area contributed by atoms with Gasteiger partial charge in [-0.1, -0.05) is 194 Å². The molecule has 318 valence electrons. The fourth-order valence-electron chi connectivity index (χ4n) is 10.1. The van der Waals surface area contributed by atoms with E-state index in [4.69, 9.17) is 9.97 Å². The van der Waals surface area contributed by atoms with Crippen molar-refractivity contribution in [2.75, 3.05) is 0 Å². The second-order valence-electron chi connectivity index (χ2n) is 17.4. The van der Waals surface area contributed by atoms with Crippen LogP contribution in [0.1, 0.15) is 0 Å². The third-order valence-corrected chi connectivity index (χ3v) is 13.4. The van der Waals surface area contributed by atoms with Crippen molar-refractivity contribution in [3.63, 3.8) is 0 Å². The number of fused-ring (bicyclic) bond motifs is 6. The highest BCUT2D eigenvalue weighted by atomic mass is 15.0. The minimum Gasteiger partial charge on any atom is -0.309 e. The number of para-hydroxylation sites is 3. The molecule has 0 saturated heterocycles. The standard InChI is InChI=1S/C64H42N4/c1-4-16-43(17-5-1)44-30-32-46(33-31-44)57-42-58(66-64(65-57)47-18-6-2-7-19-47)50-21-14-20-48(40-50)49-36-39-55-54-24-10-12-27-59(54)68(62(55)41-49)52-37-34-45(35-38-52)53-26-15-29-61-63(53)56-25-11-13-28-60(56)67(61)51-22-8-3-9-23-51/h1-42H. The van der Waals surface area contributed by atoms with E-state index >= 15 is 0 Å². The summed E-state index contributed by atoms with van der Waals surface area (Å²) < 4.78 is 4.79. The van der Waals surface area contributed by atoms with E-state index < -0.39 is 0 Å². The number of hydrogen-bond acceptors (Lipinski definition) is 2. The van der Waals surface area contributed by atoms with Gasteiger partial charge in [0.1, 0.15) is 0 Å². The fourth-order valence-corrected chi connectivity index (χ4v) is 10.1. The van der Waals surface area contributed by atoms with Gasteiger partial charge in [-0.3, -0.25) is 0 Å². The predicted octanol–water partition coefficient (Wildman–Crippen LogP) is 16.7. The highest BCUT2D eigenvalue weighted by Crippen LogP contribution is 2.41. The van der Waals surface area contributed by atoms with Crippen molar-refractivity contribution in [2.24, 2.45) is 0 Å². The Hall–Kier alpha value is -9.12. The zero-order valence-electron chi connectivity index (χ0n) is 37.0. The Morgan fingerprint density at radius 1 is 0.250 bits per heavy atom.